The first-order valence-corrected chi connectivity index (χ1v) is 9.24. The van der Waals surface area contributed by atoms with Crippen molar-refractivity contribution in [2.75, 3.05) is 11.9 Å². The predicted molar refractivity (Wildman–Crippen MR) is 92.7 cm³/mol. The minimum absolute atomic E-state index is 0.0135. The number of sulfone groups is 1. The molecule has 0 heterocycles. The average molecular weight is 356 g/mol. The van der Waals surface area contributed by atoms with E-state index in [-0.39, 0.29) is 18.7 Å². The van der Waals surface area contributed by atoms with E-state index in [1.807, 2.05) is 0 Å². The number of benzene rings is 1. The Morgan fingerprint density at radius 1 is 1.21 bits per heavy atom. The molecule has 0 spiro atoms. The number of anilines is 1. The summed E-state index contributed by atoms with van der Waals surface area (Å²) in [5.74, 6) is -1.02. The molecule has 0 aliphatic heterocycles. The van der Waals surface area contributed by atoms with Crippen molar-refractivity contribution >= 4 is 27.5 Å². The van der Waals surface area contributed by atoms with Crippen LogP contribution >= 0.6 is 0 Å². The lowest BCUT2D eigenvalue weighted by Crippen LogP contribution is -2.30. The molecule has 8 heteroatoms. The number of amides is 2. The van der Waals surface area contributed by atoms with Gasteiger partial charge < -0.3 is 15.7 Å². The van der Waals surface area contributed by atoms with E-state index in [4.69, 9.17) is 5.11 Å². The summed E-state index contributed by atoms with van der Waals surface area (Å²) in [4.78, 5) is 22.1. The van der Waals surface area contributed by atoms with E-state index in [1.165, 1.54) is 0 Å². The molecular formula is C16H24N2O5S. The Kier molecular flexibility index (Phi) is 6.77. The Morgan fingerprint density at radius 3 is 2.46 bits per heavy atom. The molecule has 2 amide bonds. The molecule has 24 heavy (non-hydrogen) atoms. The highest BCUT2D eigenvalue weighted by atomic mass is 32.2. The van der Waals surface area contributed by atoms with E-state index < -0.39 is 26.6 Å². The quantitative estimate of drug-likeness (QED) is 0.649. The summed E-state index contributed by atoms with van der Waals surface area (Å²) in [6, 6.07) is 6.17. The first-order chi connectivity index (χ1) is 11.0. The zero-order valence-electron chi connectivity index (χ0n) is 14.1. The maximum atomic E-state index is 12.2. The van der Waals surface area contributed by atoms with E-state index in [2.05, 4.69) is 10.6 Å². The molecule has 0 bridgehead atoms. The number of carboxylic acid groups (broad SMARTS) is 1. The Morgan fingerprint density at radius 2 is 1.88 bits per heavy atom. The Hall–Kier alpha value is -2.09. The van der Waals surface area contributed by atoms with E-state index in [0.29, 0.717) is 17.7 Å². The van der Waals surface area contributed by atoms with Gasteiger partial charge in [0.15, 0.2) is 9.84 Å². The standard InChI is InChI=1S/C16H24N2O5S/c1-16(2,3)24(22,23)11-12-6-4-7-13(10-12)18-15(21)17-9-5-8-14(19)20/h4,6-7,10H,5,8-9,11H2,1-3H3,(H,19,20)(H2,17,18,21). The number of carboxylic acids is 1. The summed E-state index contributed by atoms with van der Waals surface area (Å²) >= 11 is 0. The van der Waals surface area contributed by atoms with Crippen LogP contribution in [0.15, 0.2) is 24.3 Å². The lowest BCUT2D eigenvalue weighted by molar-refractivity contribution is -0.137. The third-order valence-electron chi connectivity index (χ3n) is 3.33. The lowest BCUT2D eigenvalue weighted by Gasteiger charge is -2.19. The summed E-state index contributed by atoms with van der Waals surface area (Å²) < 4.78 is 23.6. The number of nitrogens with one attached hydrogen (secondary N) is 2. The van der Waals surface area contributed by atoms with Gasteiger partial charge in [-0.15, -0.1) is 0 Å². The van der Waals surface area contributed by atoms with Gasteiger partial charge in [-0.25, -0.2) is 13.2 Å². The fourth-order valence-electron chi connectivity index (χ4n) is 1.79. The minimum Gasteiger partial charge on any atom is -0.481 e. The van der Waals surface area contributed by atoms with Gasteiger partial charge in [0.25, 0.3) is 0 Å². The van der Waals surface area contributed by atoms with Gasteiger partial charge in [-0.2, -0.15) is 0 Å². The second kappa shape index (κ2) is 8.14. The molecule has 134 valence electrons. The summed E-state index contributed by atoms with van der Waals surface area (Å²) in [5, 5.41) is 13.7. The van der Waals surface area contributed by atoms with Crippen LogP contribution in [-0.4, -0.2) is 36.8 Å². The van der Waals surface area contributed by atoms with E-state index in [1.54, 1.807) is 45.0 Å². The summed E-state index contributed by atoms with van der Waals surface area (Å²) in [6.45, 7) is 5.19. The van der Waals surface area contributed by atoms with Gasteiger partial charge in [-0.1, -0.05) is 12.1 Å². The summed E-state index contributed by atoms with van der Waals surface area (Å²) in [6.07, 6.45) is 0.326. The Labute approximate surface area is 142 Å². The fourth-order valence-corrected chi connectivity index (χ4v) is 2.84. The molecule has 1 aromatic carbocycles. The maximum absolute atomic E-state index is 12.2. The van der Waals surface area contributed by atoms with Crippen molar-refractivity contribution in [3.63, 3.8) is 0 Å². The normalized spacial score (nSPS) is 11.8. The molecule has 0 saturated carbocycles. The van der Waals surface area contributed by atoms with Crippen LogP contribution in [0.2, 0.25) is 0 Å². The predicted octanol–water partition coefficient (Wildman–Crippen LogP) is 2.39. The molecule has 1 rings (SSSR count). The Bertz CT molecular complexity index is 693. The number of hydrogen-bond acceptors (Lipinski definition) is 4. The summed E-state index contributed by atoms with van der Waals surface area (Å²) in [7, 11) is -3.31. The zero-order chi connectivity index (χ0) is 18.4. The van der Waals surface area contributed by atoms with Gasteiger partial charge in [0, 0.05) is 18.7 Å². The monoisotopic (exact) mass is 356 g/mol. The number of urea groups is 1. The number of aliphatic carboxylic acids is 1. The molecular weight excluding hydrogens is 332 g/mol. The maximum Gasteiger partial charge on any atom is 0.319 e. The highest BCUT2D eigenvalue weighted by molar-refractivity contribution is 7.91. The van der Waals surface area contributed by atoms with E-state index in [0.717, 1.165) is 0 Å². The molecule has 0 saturated heterocycles. The topological polar surface area (TPSA) is 113 Å². The number of carbonyl (C=O) groups excluding carboxylic acids is 1. The number of rotatable bonds is 7. The van der Waals surface area contributed by atoms with E-state index >= 15 is 0 Å². The van der Waals surface area contributed by atoms with Gasteiger partial charge in [-0.05, 0) is 44.9 Å². The lowest BCUT2D eigenvalue weighted by atomic mass is 10.2. The molecule has 0 fully saturated rings. The molecule has 1 aromatic rings. The third kappa shape index (κ3) is 6.57. The molecule has 0 aliphatic carbocycles. The highest BCUT2D eigenvalue weighted by Crippen LogP contribution is 2.22. The molecule has 7 nitrogen and oxygen atoms in total. The average Bonchev–Trinajstić information content (AvgIpc) is 2.42. The van der Waals surface area contributed by atoms with Crippen LogP contribution in [0.3, 0.4) is 0 Å². The Balaban J connectivity index is 2.63. The van der Waals surface area contributed by atoms with Crippen molar-refractivity contribution in [3.8, 4) is 0 Å². The first kappa shape index (κ1) is 20.0. The largest absolute Gasteiger partial charge is 0.481 e. The van der Waals surface area contributed by atoms with Crippen LogP contribution in [0.25, 0.3) is 0 Å². The van der Waals surface area contributed by atoms with Gasteiger partial charge in [-0.3, -0.25) is 4.79 Å². The second-order valence-electron chi connectivity index (χ2n) is 6.45. The van der Waals surface area contributed by atoms with Crippen molar-refractivity contribution in [1.82, 2.24) is 5.32 Å². The second-order valence-corrected chi connectivity index (χ2v) is 9.19. The highest BCUT2D eigenvalue weighted by Gasteiger charge is 2.28. The molecule has 0 radical (unpaired) electrons. The van der Waals surface area contributed by atoms with Gasteiger partial charge in [0.2, 0.25) is 0 Å². The van der Waals surface area contributed by atoms with Crippen molar-refractivity contribution in [3.05, 3.63) is 29.8 Å². The van der Waals surface area contributed by atoms with Crippen molar-refractivity contribution < 1.29 is 23.1 Å². The zero-order valence-corrected chi connectivity index (χ0v) is 14.9. The SMILES string of the molecule is CC(C)(C)S(=O)(=O)Cc1cccc(NC(=O)NCCCC(=O)O)c1. The van der Waals surface area contributed by atoms with Crippen LogP contribution in [0.4, 0.5) is 10.5 Å². The van der Waals surface area contributed by atoms with Gasteiger partial charge in [0.05, 0.1) is 10.5 Å². The van der Waals surface area contributed by atoms with Crippen LogP contribution in [0, 0.1) is 0 Å². The first-order valence-electron chi connectivity index (χ1n) is 7.59. The molecule has 0 aliphatic rings. The van der Waals surface area contributed by atoms with Crippen molar-refractivity contribution in [2.24, 2.45) is 0 Å². The molecule has 0 aromatic heterocycles. The smallest absolute Gasteiger partial charge is 0.319 e. The van der Waals surface area contributed by atoms with Gasteiger partial charge in [0.1, 0.15) is 0 Å². The van der Waals surface area contributed by atoms with Crippen LogP contribution < -0.4 is 10.6 Å². The van der Waals surface area contributed by atoms with Crippen LogP contribution in [0.5, 0.6) is 0 Å². The fraction of sp³-hybridized carbons (Fsp3) is 0.500. The van der Waals surface area contributed by atoms with Crippen molar-refractivity contribution in [2.45, 2.75) is 44.1 Å². The molecule has 0 atom stereocenters. The molecule has 3 N–H and O–H groups in total. The number of hydrogen-bond donors (Lipinski definition) is 3. The van der Waals surface area contributed by atoms with Gasteiger partial charge >= 0.3 is 12.0 Å². The van der Waals surface area contributed by atoms with Crippen LogP contribution in [0.1, 0.15) is 39.2 Å². The minimum atomic E-state index is -3.31. The van der Waals surface area contributed by atoms with Crippen LogP contribution in [-0.2, 0) is 20.4 Å². The van der Waals surface area contributed by atoms with Crippen molar-refractivity contribution in [1.29, 1.82) is 0 Å². The third-order valence-corrected chi connectivity index (χ3v) is 5.91. The summed E-state index contributed by atoms with van der Waals surface area (Å²) in [5.41, 5.74) is 1.07. The van der Waals surface area contributed by atoms with E-state index in [9.17, 15) is 18.0 Å². The number of carbonyl (C=O) groups is 2. The molecule has 0 unspecified atom stereocenters.